The minimum Gasteiger partial charge on any atom is -0.508 e. The van der Waals surface area contributed by atoms with Crippen LogP contribution in [0.2, 0.25) is 0 Å². The highest BCUT2D eigenvalue weighted by Gasteiger charge is 2.37. The van der Waals surface area contributed by atoms with E-state index in [9.17, 15) is 10.2 Å². The molecule has 7 heteroatoms. The van der Waals surface area contributed by atoms with Gasteiger partial charge in [0.15, 0.2) is 0 Å². The van der Waals surface area contributed by atoms with Crippen LogP contribution in [0.3, 0.4) is 0 Å². The molecule has 134 valence electrons. The highest BCUT2D eigenvalue weighted by Crippen LogP contribution is 2.37. The molecule has 1 fully saturated rings. The molecule has 0 radical (unpaired) electrons. The van der Waals surface area contributed by atoms with Crippen LogP contribution in [0.5, 0.6) is 11.5 Å². The number of H-pyrrole nitrogens is 1. The van der Waals surface area contributed by atoms with Crippen LogP contribution >= 0.6 is 0 Å². The van der Waals surface area contributed by atoms with Gasteiger partial charge in [0.05, 0.1) is 18.5 Å². The fraction of sp³-hybridized carbons (Fsp3) is 0.211. The van der Waals surface area contributed by atoms with Crippen molar-refractivity contribution in [2.45, 2.75) is 24.7 Å². The molecule has 26 heavy (non-hydrogen) atoms. The fourth-order valence-corrected chi connectivity index (χ4v) is 3.38. The van der Waals surface area contributed by atoms with Gasteiger partial charge in [0, 0.05) is 24.4 Å². The molecule has 1 aliphatic heterocycles. The maximum absolute atomic E-state index is 9.62. The van der Waals surface area contributed by atoms with Crippen molar-refractivity contribution >= 4 is 0 Å². The van der Waals surface area contributed by atoms with E-state index < -0.39 is 0 Å². The summed E-state index contributed by atoms with van der Waals surface area (Å²) in [5, 5.41) is 22.7. The molecule has 0 aliphatic carbocycles. The number of nitrogens with one attached hydrogen (secondary N) is 4. The molecule has 0 amide bonds. The molecule has 6 N–H and O–H groups in total. The molecule has 7 nitrogen and oxygen atoms in total. The van der Waals surface area contributed by atoms with Crippen molar-refractivity contribution in [1.82, 2.24) is 26.1 Å². The van der Waals surface area contributed by atoms with Crippen molar-refractivity contribution in [3.8, 4) is 11.5 Å². The Kier molecular flexibility index (Phi) is 4.57. The maximum atomic E-state index is 9.62. The number of hydrogen-bond donors (Lipinski definition) is 6. The Morgan fingerprint density at radius 3 is 2.15 bits per heavy atom. The second-order valence-corrected chi connectivity index (χ2v) is 6.41. The molecule has 3 atom stereocenters. The van der Waals surface area contributed by atoms with Crippen molar-refractivity contribution in [2.24, 2.45) is 0 Å². The van der Waals surface area contributed by atoms with Crippen molar-refractivity contribution in [3.05, 3.63) is 77.9 Å². The van der Waals surface area contributed by atoms with Gasteiger partial charge >= 0.3 is 0 Å². The molecule has 2 aromatic carbocycles. The molecule has 0 spiro atoms. The molecule has 1 aliphatic rings. The molecule has 3 aromatic rings. The lowest BCUT2D eigenvalue weighted by molar-refractivity contribution is 0.424. The third kappa shape index (κ3) is 3.41. The Hall–Kier alpha value is -2.87. The molecular formula is C19H21N5O2. The first-order valence-electron chi connectivity index (χ1n) is 8.50. The predicted molar refractivity (Wildman–Crippen MR) is 97.2 cm³/mol. The summed E-state index contributed by atoms with van der Waals surface area (Å²) < 4.78 is 0. The van der Waals surface area contributed by atoms with Gasteiger partial charge in [-0.1, -0.05) is 24.3 Å². The lowest BCUT2D eigenvalue weighted by atomic mass is 9.86. The second kappa shape index (κ2) is 7.17. The zero-order valence-electron chi connectivity index (χ0n) is 14.1. The lowest BCUT2D eigenvalue weighted by Crippen LogP contribution is -2.43. The quantitative estimate of drug-likeness (QED) is 0.419. The average Bonchev–Trinajstić information content (AvgIpc) is 3.31. The zero-order chi connectivity index (χ0) is 17.9. The van der Waals surface area contributed by atoms with E-state index in [1.54, 1.807) is 36.8 Å². The van der Waals surface area contributed by atoms with Gasteiger partial charge in [0.1, 0.15) is 11.5 Å². The van der Waals surface area contributed by atoms with Gasteiger partial charge < -0.3 is 15.2 Å². The first-order chi connectivity index (χ1) is 12.7. The Labute approximate surface area is 151 Å². The molecule has 1 saturated heterocycles. The van der Waals surface area contributed by atoms with Crippen molar-refractivity contribution < 1.29 is 10.2 Å². The summed E-state index contributed by atoms with van der Waals surface area (Å²) in [5.41, 5.74) is 9.85. The number of aromatic amines is 1. The van der Waals surface area contributed by atoms with E-state index in [1.807, 2.05) is 24.3 Å². The second-order valence-electron chi connectivity index (χ2n) is 6.41. The van der Waals surface area contributed by atoms with Gasteiger partial charge in [0.2, 0.25) is 0 Å². The Balaban J connectivity index is 1.61. The van der Waals surface area contributed by atoms with Crippen LogP contribution in [0.25, 0.3) is 0 Å². The summed E-state index contributed by atoms with van der Waals surface area (Å²) in [6.07, 6.45) is 3.43. The number of aromatic nitrogens is 2. The minimum absolute atomic E-state index is 0.0133. The summed E-state index contributed by atoms with van der Waals surface area (Å²) in [7, 11) is 0. The van der Waals surface area contributed by atoms with E-state index in [1.165, 1.54) is 0 Å². The van der Waals surface area contributed by atoms with E-state index in [0.717, 1.165) is 16.8 Å². The monoisotopic (exact) mass is 351 g/mol. The van der Waals surface area contributed by atoms with Crippen LogP contribution < -0.4 is 16.2 Å². The standard InChI is InChI=1S/C19H21N5O2/c25-15-5-1-12(2-6-15)17-18(13-3-7-16(26)8-4-13)23-24-19(17)21-10-14-9-20-11-22-14/h1-9,11,17-19,21,23-26H,10H2,(H,20,22). The Morgan fingerprint density at radius 1 is 0.885 bits per heavy atom. The van der Waals surface area contributed by atoms with Crippen LogP contribution in [0.4, 0.5) is 0 Å². The summed E-state index contributed by atoms with van der Waals surface area (Å²) >= 11 is 0. The number of benzene rings is 2. The van der Waals surface area contributed by atoms with Crippen LogP contribution in [-0.2, 0) is 6.54 Å². The van der Waals surface area contributed by atoms with Gasteiger partial charge in [0.25, 0.3) is 0 Å². The van der Waals surface area contributed by atoms with E-state index in [0.29, 0.717) is 6.54 Å². The number of imidazole rings is 1. The maximum Gasteiger partial charge on any atom is 0.115 e. The van der Waals surface area contributed by atoms with Gasteiger partial charge in [-0.2, -0.15) is 0 Å². The average molecular weight is 351 g/mol. The van der Waals surface area contributed by atoms with Crippen LogP contribution in [0.1, 0.15) is 28.8 Å². The SMILES string of the molecule is Oc1ccc(C2NNC(NCc3cnc[nH]3)C2c2ccc(O)cc2)cc1. The van der Waals surface area contributed by atoms with Crippen molar-refractivity contribution in [1.29, 1.82) is 0 Å². The molecule has 3 unspecified atom stereocenters. The van der Waals surface area contributed by atoms with Gasteiger partial charge in [-0.05, 0) is 35.4 Å². The van der Waals surface area contributed by atoms with E-state index >= 15 is 0 Å². The van der Waals surface area contributed by atoms with Crippen LogP contribution in [0.15, 0.2) is 61.1 Å². The van der Waals surface area contributed by atoms with E-state index in [4.69, 9.17) is 0 Å². The van der Waals surface area contributed by atoms with Gasteiger partial charge in [-0.25, -0.2) is 15.8 Å². The smallest absolute Gasteiger partial charge is 0.115 e. The number of aromatic hydroxyl groups is 2. The highest BCUT2D eigenvalue weighted by atomic mass is 16.3. The topological polar surface area (TPSA) is 105 Å². The molecule has 0 saturated carbocycles. The van der Waals surface area contributed by atoms with Crippen molar-refractivity contribution in [2.75, 3.05) is 0 Å². The number of phenols is 2. The van der Waals surface area contributed by atoms with Crippen LogP contribution in [0, 0.1) is 0 Å². The number of hydrazine groups is 1. The highest BCUT2D eigenvalue weighted by molar-refractivity contribution is 5.36. The molecule has 1 aromatic heterocycles. The summed E-state index contributed by atoms with van der Waals surface area (Å²) in [6, 6.07) is 14.5. The normalized spacial score (nSPS) is 22.5. The minimum atomic E-state index is -0.0263. The van der Waals surface area contributed by atoms with Crippen molar-refractivity contribution in [3.63, 3.8) is 0 Å². The summed E-state index contributed by atoms with van der Waals surface area (Å²) in [5.74, 6) is 0.577. The van der Waals surface area contributed by atoms with Gasteiger partial charge in [-0.3, -0.25) is 5.32 Å². The first-order valence-corrected chi connectivity index (χ1v) is 8.50. The number of phenolic OH excluding ortho intramolecular Hbond substituents is 2. The van der Waals surface area contributed by atoms with Gasteiger partial charge in [-0.15, -0.1) is 0 Å². The molecule has 4 rings (SSSR count). The molecule has 0 bridgehead atoms. The number of rotatable bonds is 5. The largest absolute Gasteiger partial charge is 0.508 e. The molecular weight excluding hydrogens is 330 g/mol. The molecule has 2 heterocycles. The number of hydrogen-bond acceptors (Lipinski definition) is 6. The Bertz CT molecular complexity index is 833. The Morgan fingerprint density at radius 2 is 1.54 bits per heavy atom. The third-order valence-electron chi connectivity index (χ3n) is 4.71. The summed E-state index contributed by atoms with van der Waals surface area (Å²) in [6.45, 7) is 0.649. The third-order valence-corrected chi connectivity index (χ3v) is 4.71. The fourth-order valence-electron chi connectivity index (χ4n) is 3.38. The van der Waals surface area contributed by atoms with E-state index in [-0.39, 0.29) is 29.6 Å². The first kappa shape index (κ1) is 16.6. The number of nitrogens with zero attached hydrogens (tertiary/aromatic N) is 1. The predicted octanol–water partition coefficient (Wildman–Crippen LogP) is 1.87. The lowest BCUT2D eigenvalue weighted by Gasteiger charge is -2.24. The zero-order valence-corrected chi connectivity index (χ0v) is 14.1. The summed E-state index contributed by atoms with van der Waals surface area (Å²) in [4.78, 5) is 7.13. The van der Waals surface area contributed by atoms with E-state index in [2.05, 4.69) is 26.1 Å². The van der Waals surface area contributed by atoms with Crippen LogP contribution in [-0.4, -0.2) is 26.3 Å².